The Morgan fingerprint density at radius 3 is 1.77 bits per heavy atom. The second-order valence-electron chi connectivity index (χ2n) is 15.4. The molecule has 264 valence electrons. The van der Waals surface area contributed by atoms with Crippen LogP contribution in [0.1, 0.15) is 25.0 Å². The summed E-state index contributed by atoms with van der Waals surface area (Å²) in [4.78, 5) is 10.5. The lowest BCUT2D eigenvalue weighted by Crippen LogP contribution is -2.14. The molecule has 0 amide bonds. The highest BCUT2D eigenvalue weighted by Crippen LogP contribution is 2.53. The third kappa shape index (κ3) is 5.05. The molecule has 8 aromatic carbocycles. The number of nitrogens with zero attached hydrogens (tertiary/aromatic N) is 3. The standard InChI is InChI=1S/C53H37N3/c1-53(2)45-23-13-22-43(51(45)44-31-38-16-6-7-17-39(38)32-46(44)53)48-33-47(54-52(55-48)36-14-4-3-5-15-36)35-28-26-34(27-29-35)37-18-12-19-40(30-37)56-49-24-10-8-20-41(49)42-21-9-11-25-50(42)56/h3-33H,1-2H3. The second kappa shape index (κ2) is 12.5. The van der Waals surface area contributed by atoms with Gasteiger partial charge < -0.3 is 4.57 Å². The lowest BCUT2D eigenvalue weighted by atomic mass is 9.81. The molecule has 56 heavy (non-hydrogen) atoms. The van der Waals surface area contributed by atoms with Gasteiger partial charge >= 0.3 is 0 Å². The van der Waals surface area contributed by atoms with E-state index in [9.17, 15) is 0 Å². The smallest absolute Gasteiger partial charge is 0.160 e. The van der Waals surface area contributed by atoms with Crippen LogP contribution in [0.4, 0.5) is 0 Å². The Balaban J connectivity index is 1.03. The zero-order chi connectivity index (χ0) is 37.4. The third-order valence-corrected chi connectivity index (χ3v) is 11.8. The molecule has 2 heterocycles. The molecule has 0 aliphatic heterocycles. The molecule has 0 N–H and O–H groups in total. The Labute approximate surface area is 326 Å². The highest BCUT2D eigenvalue weighted by atomic mass is 15.0. The zero-order valence-corrected chi connectivity index (χ0v) is 31.2. The molecule has 3 nitrogen and oxygen atoms in total. The minimum Gasteiger partial charge on any atom is -0.309 e. The van der Waals surface area contributed by atoms with Crippen molar-refractivity contribution in [2.75, 3.05) is 0 Å². The van der Waals surface area contributed by atoms with Crippen LogP contribution in [0.15, 0.2) is 188 Å². The van der Waals surface area contributed by atoms with Crippen molar-refractivity contribution < 1.29 is 0 Å². The predicted octanol–water partition coefficient (Wildman–Crippen LogP) is 13.7. The fourth-order valence-electron chi connectivity index (χ4n) is 8.99. The van der Waals surface area contributed by atoms with Crippen molar-refractivity contribution in [3.05, 3.63) is 199 Å². The quantitative estimate of drug-likeness (QED) is 0.178. The van der Waals surface area contributed by atoms with Crippen LogP contribution in [-0.4, -0.2) is 14.5 Å². The number of hydrogen-bond acceptors (Lipinski definition) is 2. The van der Waals surface area contributed by atoms with Gasteiger partial charge in [0.2, 0.25) is 0 Å². The molecule has 1 aliphatic carbocycles. The van der Waals surface area contributed by atoms with E-state index in [4.69, 9.17) is 9.97 Å². The van der Waals surface area contributed by atoms with Crippen LogP contribution < -0.4 is 0 Å². The molecule has 0 spiro atoms. The molecule has 0 bridgehead atoms. The van der Waals surface area contributed by atoms with E-state index < -0.39 is 0 Å². The zero-order valence-electron chi connectivity index (χ0n) is 31.2. The number of hydrogen-bond donors (Lipinski definition) is 0. The van der Waals surface area contributed by atoms with E-state index in [1.807, 2.05) is 6.07 Å². The molecule has 2 aromatic heterocycles. The van der Waals surface area contributed by atoms with Crippen LogP contribution in [-0.2, 0) is 5.41 Å². The van der Waals surface area contributed by atoms with Crippen LogP contribution in [0.25, 0.3) is 94.4 Å². The van der Waals surface area contributed by atoms with Crippen LogP contribution in [0, 0.1) is 0 Å². The van der Waals surface area contributed by atoms with Crippen molar-refractivity contribution in [1.82, 2.24) is 14.5 Å². The van der Waals surface area contributed by atoms with Crippen LogP contribution in [0.3, 0.4) is 0 Å². The fraction of sp³-hybridized carbons (Fsp3) is 0.0566. The first-order valence-corrected chi connectivity index (χ1v) is 19.3. The summed E-state index contributed by atoms with van der Waals surface area (Å²) in [5.74, 6) is 0.717. The summed E-state index contributed by atoms with van der Waals surface area (Å²) in [6.07, 6.45) is 0. The molecule has 0 radical (unpaired) electrons. The van der Waals surface area contributed by atoms with Crippen molar-refractivity contribution >= 4 is 32.6 Å². The molecule has 0 unspecified atom stereocenters. The van der Waals surface area contributed by atoms with E-state index in [1.54, 1.807) is 0 Å². The van der Waals surface area contributed by atoms with Gasteiger partial charge in [-0.25, -0.2) is 9.97 Å². The summed E-state index contributed by atoms with van der Waals surface area (Å²) >= 11 is 0. The highest BCUT2D eigenvalue weighted by Gasteiger charge is 2.37. The number of rotatable bonds is 5. The minimum atomic E-state index is -0.141. The van der Waals surface area contributed by atoms with Gasteiger partial charge in [0.05, 0.1) is 22.4 Å². The first-order valence-electron chi connectivity index (χ1n) is 19.3. The Hall–Kier alpha value is -7.10. The van der Waals surface area contributed by atoms with E-state index in [0.717, 1.165) is 50.7 Å². The lowest BCUT2D eigenvalue weighted by molar-refractivity contribution is 0.661. The summed E-state index contributed by atoms with van der Waals surface area (Å²) in [7, 11) is 0. The van der Waals surface area contributed by atoms with E-state index in [2.05, 4.69) is 200 Å². The summed E-state index contributed by atoms with van der Waals surface area (Å²) in [5.41, 5.74) is 16.0. The SMILES string of the molecule is CC1(C)c2cc3ccccc3cc2-c2c(-c3cc(-c4ccc(-c5cccc(-n6c7ccccc7c7ccccc76)c5)cc4)nc(-c4ccccc4)n3)cccc21. The van der Waals surface area contributed by atoms with Gasteiger partial charge in [0.15, 0.2) is 5.82 Å². The maximum Gasteiger partial charge on any atom is 0.160 e. The first kappa shape index (κ1) is 32.3. The van der Waals surface area contributed by atoms with E-state index >= 15 is 0 Å². The van der Waals surface area contributed by atoms with Gasteiger partial charge in [-0.2, -0.15) is 0 Å². The average molecular weight is 716 g/mol. The van der Waals surface area contributed by atoms with Crippen molar-refractivity contribution in [3.8, 4) is 61.8 Å². The molecule has 0 fully saturated rings. The predicted molar refractivity (Wildman–Crippen MR) is 233 cm³/mol. The van der Waals surface area contributed by atoms with Gasteiger partial charge in [0.25, 0.3) is 0 Å². The van der Waals surface area contributed by atoms with Crippen LogP contribution >= 0.6 is 0 Å². The summed E-state index contributed by atoms with van der Waals surface area (Å²) in [6.45, 7) is 4.69. The molecule has 10 aromatic rings. The van der Waals surface area contributed by atoms with E-state index in [0.29, 0.717) is 0 Å². The normalized spacial score (nSPS) is 13.0. The Kier molecular flexibility index (Phi) is 7.20. The molecule has 3 heteroatoms. The van der Waals surface area contributed by atoms with Gasteiger partial charge in [0.1, 0.15) is 0 Å². The van der Waals surface area contributed by atoms with Gasteiger partial charge in [-0.05, 0) is 86.6 Å². The number of aromatic nitrogens is 3. The lowest BCUT2D eigenvalue weighted by Gasteiger charge is -2.22. The van der Waals surface area contributed by atoms with Crippen LogP contribution in [0.2, 0.25) is 0 Å². The summed E-state index contributed by atoms with van der Waals surface area (Å²) in [6, 6.07) is 67.6. The largest absolute Gasteiger partial charge is 0.309 e. The second-order valence-corrected chi connectivity index (χ2v) is 15.4. The molecule has 1 aliphatic rings. The maximum absolute atomic E-state index is 5.29. The summed E-state index contributed by atoms with van der Waals surface area (Å²) in [5, 5.41) is 5.04. The molecule has 0 saturated carbocycles. The summed E-state index contributed by atoms with van der Waals surface area (Å²) < 4.78 is 2.37. The molecule has 0 atom stereocenters. The van der Waals surface area contributed by atoms with Gasteiger partial charge in [-0.15, -0.1) is 0 Å². The van der Waals surface area contributed by atoms with Crippen molar-refractivity contribution in [2.45, 2.75) is 19.3 Å². The van der Waals surface area contributed by atoms with E-state index in [-0.39, 0.29) is 5.41 Å². The fourth-order valence-corrected chi connectivity index (χ4v) is 8.99. The monoisotopic (exact) mass is 715 g/mol. The van der Waals surface area contributed by atoms with Crippen molar-refractivity contribution in [1.29, 1.82) is 0 Å². The Morgan fingerprint density at radius 2 is 1.02 bits per heavy atom. The molecule has 11 rings (SSSR count). The Bertz CT molecular complexity index is 3100. The van der Waals surface area contributed by atoms with E-state index in [1.165, 1.54) is 54.8 Å². The van der Waals surface area contributed by atoms with Gasteiger partial charge in [-0.1, -0.05) is 159 Å². The molecule has 0 saturated heterocycles. The third-order valence-electron chi connectivity index (χ3n) is 11.8. The van der Waals surface area contributed by atoms with Crippen LogP contribution in [0.5, 0.6) is 0 Å². The van der Waals surface area contributed by atoms with Gasteiger partial charge in [-0.3, -0.25) is 0 Å². The van der Waals surface area contributed by atoms with Gasteiger partial charge in [0, 0.05) is 38.6 Å². The topological polar surface area (TPSA) is 30.7 Å². The number of benzene rings is 8. The first-order chi connectivity index (χ1) is 27.5. The molecular formula is C53H37N3. The number of fused-ring (bicyclic) bond motifs is 7. The average Bonchev–Trinajstić information content (AvgIpc) is 3.71. The van der Waals surface area contributed by atoms with Crippen molar-refractivity contribution in [3.63, 3.8) is 0 Å². The minimum absolute atomic E-state index is 0.141. The molecular weight excluding hydrogens is 679 g/mol. The maximum atomic E-state index is 5.29. The van der Waals surface area contributed by atoms with Crippen molar-refractivity contribution in [2.24, 2.45) is 0 Å². The highest BCUT2D eigenvalue weighted by molar-refractivity contribution is 6.09. The number of para-hydroxylation sites is 2. The Morgan fingerprint density at radius 1 is 0.411 bits per heavy atom.